The maximum atomic E-state index is 12.5. The molecule has 14 nitrogen and oxygen atoms in total. The largest absolute Gasteiger partial charge is 0.480 e. The van der Waals surface area contributed by atoms with E-state index in [2.05, 4.69) is 30.9 Å². The molecule has 178 valence electrons. The molecule has 0 aliphatic carbocycles. The number of hydrogen-bond donors (Lipinski definition) is 8. The lowest BCUT2D eigenvalue weighted by molar-refractivity contribution is -0.141. The van der Waals surface area contributed by atoms with Crippen LogP contribution in [0.2, 0.25) is 0 Å². The molecule has 1 aromatic heterocycles. The molecular weight excluding hydrogens is 422 g/mol. The molecule has 3 amide bonds. The molecule has 14 heteroatoms. The number of amides is 3. The molecule has 0 radical (unpaired) electrons. The summed E-state index contributed by atoms with van der Waals surface area (Å²) in [6, 6.07) is -4.13. The first kappa shape index (κ1) is 26.4. The summed E-state index contributed by atoms with van der Waals surface area (Å²) in [4.78, 5) is 58.8. The monoisotopic (exact) mass is 453 g/mol. The van der Waals surface area contributed by atoms with Crippen LogP contribution >= 0.6 is 0 Å². The summed E-state index contributed by atoms with van der Waals surface area (Å²) >= 11 is 0. The average Bonchev–Trinajstić information content (AvgIpc) is 3.22. The Balaban J connectivity index is 2.70. The van der Waals surface area contributed by atoms with Gasteiger partial charge in [-0.15, -0.1) is 0 Å². The number of carbonyl (C=O) groups is 4. The first-order valence-corrected chi connectivity index (χ1v) is 9.93. The van der Waals surface area contributed by atoms with E-state index in [1.54, 1.807) is 0 Å². The Morgan fingerprint density at radius 2 is 1.75 bits per heavy atom. The zero-order valence-corrected chi connectivity index (χ0v) is 18.0. The summed E-state index contributed by atoms with van der Waals surface area (Å²) in [5.41, 5.74) is 17.0. The summed E-state index contributed by atoms with van der Waals surface area (Å²) in [5, 5.41) is 16.3. The van der Waals surface area contributed by atoms with Crippen LogP contribution in [0.15, 0.2) is 17.5 Å². The van der Waals surface area contributed by atoms with E-state index < -0.39 is 47.9 Å². The summed E-state index contributed by atoms with van der Waals surface area (Å²) in [6.07, 6.45) is 3.67. The van der Waals surface area contributed by atoms with Gasteiger partial charge in [0.15, 0.2) is 5.96 Å². The molecule has 0 aliphatic heterocycles. The highest BCUT2D eigenvalue weighted by atomic mass is 16.4. The molecule has 4 unspecified atom stereocenters. The zero-order chi connectivity index (χ0) is 24.3. The normalized spacial score (nSPS) is 14.3. The van der Waals surface area contributed by atoms with Crippen molar-refractivity contribution in [3.05, 3.63) is 18.2 Å². The molecule has 1 aromatic rings. The number of H-pyrrole nitrogens is 1. The second-order valence-corrected chi connectivity index (χ2v) is 7.20. The average molecular weight is 454 g/mol. The lowest BCUT2D eigenvalue weighted by atomic mass is 10.1. The predicted octanol–water partition coefficient (Wildman–Crippen LogP) is -3.09. The van der Waals surface area contributed by atoms with E-state index >= 15 is 0 Å². The van der Waals surface area contributed by atoms with Gasteiger partial charge in [0.25, 0.3) is 0 Å². The molecule has 11 N–H and O–H groups in total. The number of imidazole rings is 1. The van der Waals surface area contributed by atoms with Crippen LogP contribution in [0, 0.1) is 0 Å². The van der Waals surface area contributed by atoms with Gasteiger partial charge in [0, 0.05) is 24.9 Å². The SMILES string of the molecule is CC(NC(=O)C(CCCN=C(N)N)NC(=O)C(C)NC(=O)C(N)Cc1cnc[nH]1)C(=O)O. The van der Waals surface area contributed by atoms with Gasteiger partial charge >= 0.3 is 5.97 Å². The van der Waals surface area contributed by atoms with Gasteiger partial charge < -0.3 is 43.2 Å². The maximum absolute atomic E-state index is 12.5. The number of aliphatic carboxylic acids is 1. The van der Waals surface area contributed by atoms with E-state index in [0.717, 1.165) is 0 Å². The Hall–Kier alpha value is -3.68. The van der Waals surface area contributed by atoms with Crippen molar-refractivity contribution in [1.29, 1.82) is 0 Å². The Morgan fingerprint density at radius 3 is 2.31 bits per heavy atom. The third-order valence-corrected chi connectivity index (χ3v) is 4.39. The van der Waals surface area contributed by atoms with Gasteiger partial charge in [-0.25, -0.2) is 4.98 Å². The summed E-state index contributed by atoms with van der Waals surface area (Å²) in [5.74, 6) is -3.23. The van der Waals surface area contributed by atoms with Crippen molar-refractivity contribution in [3.8, 4) is 0 Å². The summed E-state index contributed by atoms with van der Waals surface area (Å²) in [7, 11) is 0. The minimum atomic E-state index is -1.23. The molecular formula is C18H31N9O5. The van der Waals surface area contributed by atoms with Crippen LogP contribution in [0.25, 0.3) is 0 Å². The van der Waals surface area contributed by atoms with Crippen LogP contribution < -0.4 is 33.2 Å². The van der Waals surface area contributed by atoms with E-state index in [9.17, 15) is 19.2 Å². The first-order chi connectivity index (χ1) is 15.0. The van der Waals surface area contributed by atoms with Crippen molar-refractivity contribution in [1.82, 2.24) is 25.9 Å². The number of carboxylic acids is 1. The molecule has 0 saturated heterocycles. The third-order valence-electron chi connectivity index (χ3n) is 4.39. The fourth-order valence-electron chi connectivity index (χ4n) is 2.56. The lowest BCUT2D eigenvalue weighted by Crippen LogP contribution is -2.56. The number of nitrogens with zero attached hydrogens (tertiary/aromatic N) is 2. The number of rotatable bonds is 13. The summed E-state index contributed by atoms with van der Waals surface area (Å²) < 4.78 is 0. The van der Waals surface area contributed by atoms with Crippen LogP contribution in [0.1, 0.15) is 32.4 Å². The molecule has 0 bridgehead atoms. The van der Waals surface area contributed by atoms with Crippen LogP contribution in [0.5, 0.6) is 0 Å². The van der Waals surface area contributed by atoms with Crippen LogP contribution in [0.4, 0.5) is 0 Å². The molecule has 0 saturated carbocycles. The Labute approximate surface area is 184 Å². The number of carbonyl (C=O) groups excluding carboxylic acids is 3. The quantitative estimate of drug-likeness (QED) is 0.0855. The Morgan fingerprint density at radius 1 is 1.09 bits per heavy atom. The highest BCUT2D eigenvalue weighted by molar-refractivity contribution is 5.93. The number of guanidine groups is 1. The number of nitrogens with one attached hydrogen (secondary N) is 4. The molecule has 1 rings (SSSR count). The predicted molar refractivity (Wildman–Crippen MR) is 115 cm³/mol. The van der Waals surface area contributed by atoms with E-state index in [0.29, 0.717) is 12.1 Å². The van der Waals surface area contributed by atoms with Gasteiger partial charge in [0.2, 0.25) is 17.7 Å². The van der Waals surface area contributed by atoms with Crippen molar-refractivity contribution < 1.29 is 24.3 Å². The van der Waals surface area contributed by atoms with Gasteiger partial charge in [0.1, 0.15) is 18.1 Å². The van der Waals surface area contributed by atoms with Crippen LogP contribution in [0.3, 0.4) is 0 Å². The Bertz CT molecular complexity index is 808. The fourth-order valence-corrected chi connectivity index (χ4v) is 2.56. The second-order valence-electron chi connectivity index (χ2n) is 7.20. The minimum Gasteiger partial charge on any atom is -0.480 e. The third kappa shape index (κ3) is 9.42. The molecule has 0 fully saturated rings. The number of hydrogen-bond acceptors (Lipinski definition) is 7. The van der Waals surface area contributed by atoms with Gasteiger partial charge in [-0.1, -0.05) is 0 Å². The Kier molecular flexibility index (Phi) is 10.6. The van der Waals surface area contributed by atoms with Gasteiger partial charge in [-0.05, 0) is 26.7 Å². The van der Waals surface area contributed by atoms with Crippen molar-refractivity contribution in [3.63, 3.8) is 0 Å². The van der Waals surface area contributed by atoms with Crippen molar-refractivity contribution in [2.24, 2.45) is 22.2 Å². The van der Waals surface area contributed by atoms with Crippen LogP contribution in [-0.2, 0) is 25.6 Å². The number of aromatic nitrogens is 2. The molecule has 4 atom stereocenters. The van der Waals surface area contributed by atoms with Crippen molar-refractivity contribution in [2.75, 3.05) is 6.54 Å². The highest BCUT2D eigenvalue weighted by Gasteiger charge is 2.27. The number of carboxylic acid groups (broad SMARTS) is 1. The topological polar surface area (TPSA) is 244 Å². The maximum Gasteiger partial charge on any atom is 0.325 e. The molecule has 32 heavy (non-hydrogen) atoms. The van der Waals surface area contributed by atoms with E-state index in [1.165, 1.54) is 26.4 Å². The number of nitrogens with two attached hydrogens (primary N) is 3. The smallest absolute Gasteiger partial charge is 0.325 e. The van der Waals surface area contributed by atoms with E-state index in [-0.39, 0.29) is 25.3 Å². The van der Waals surface area contributed by atoms with E-state index in [4.69, 9.17) is 22.3 Å². The first-order valence-electron chi connectivity index (χ1n) is 9.93. The van der Waals surface area contributed by atoms with Gasteiger partial charge in [-0.3, -0.25) is 24.2 Å². The molecule has 1 heterocycles. The molecule has 0 aromatic carbocycles. The number of aliphatic imine (C=N–C) groups is 1. The van der Waals surface area contributed by atoms with Gasteiger partial charge in [0.05, 0.1) is 12.4 Å². The molecule has 0 aliphatic rings. The van der Waals surface area contributed by atoms with Gasteiger partial charge in [-0.2, -0.15) is 0 Å². The lowest BCUT2D eigenvalue weighted by Gasteiger charge is -2.23. The summed E-state index contributed by atoms with van der Waals surface area (Å²) in [6.45, 7) is 2.94. The van der Waals surface area contributed by atoms with Crippen LogP contribution in [-0.4, -0.2) is 75.4 Å². The minimum absolute atomic E-state index is 0.114. The number of aromatic amines is 1. The zero-order valence-electron chi connectivity index (χ0n) is 18.0. The van der Waals surface area contributed by atoms with E-state index in [1.807, 2.05) is 0 Å². The second kappa shape index (κ2) is 12.9. The van der Waals surface area contributed by atoms with Crippen molar-refractivity contribution >= 4 is 29.7 Å². The molecule has 0 spiro atoms. The van der Waals surface area contributed by atoms with Crippen molar-refractivity contribution in [2.45, 2.75) is 57.3 Å². The highest BCUT2D eigenvalue weighted by Crippen LogP contribution is 2.02. The fraction of sp³-hybridized carbons (Fsp3) is 0.556. The standard InChI is InChI=1S/C18H31N9O5/c1-9(25-15(29)12(19)6-11-7-22-8-24-11)14(28)27-13(4-3-5-23-18(20)21)16(30)26-10(2)17(31)32/h7-10,12-13H,3-6,19H2,1-2H3,(H,22,24)(H,25,29)(H,26,30)(H,27,28)(H,31,32)(H4,20,21,23).